The first-order valence-corrected chi connectivity index (χ1v) is 6.52. The van der Waals surface area contributed by atoms with E-state index < -0.39 is 0 Å². The van der Waals surface area contributed by atoms with Crippen LogP contribution >= 0.6 is 0 Å². The average molecular weight is 244 g/mol. The third kappa shape index (κ3) is 3.68. The van der Waals surface area contributed by atoms with Gasteiger partial charge in [-0.3, -0.25) is 0 Å². The second-order valence-electron chi connectivity index (χ2n) is 4.39. The summed E-state index contributed by atoms with van der Waals surface area (Å²) < 4.78 is 5.62. The Bertz CT molecular complexity index is 388. The number of rotatable bonds is 5. The van der Waals surface area contributed by atoms with E-state index in [0.29, 0.717) is 6.61 Å². The number of unbranched alkanes of at least 4 members (excludes halogenated alkanes) is 1. The minimum absolute atomic E-state index is 0.692. The van der Waals surface area contributed by atoms with Gasteiger partial charge in [-0.1, -0.05) is 0 Å². The van der Waals surface area contributed by atoms with Gasteiger partial charge in [0.15, 0.2) is 0 Å². The summed E-state index contributed by atoms with van der Waals surface area (Å²) in [6, 6.07) is 8.32. The highest BCUT2D eigenvalue weighted by molar-refractivity contribution is 5.49. The quantitative estimate of drug-likeness (QED) is 0.632. The molecule has 1 heterocycles. The zero-order chi connectivity index (χ0) is 12.6. The molecule has 1 N–H and O–H groups in total. The predicted molar refractivity (Wildman–Crippen MR) is 75.1 cm³/mol. The number of ether oxygens (including phenoxy) is 1. The Kier molecular flexibility index (Phi) is 4.92. The van der Waals surface area contributed by atoms with Crippen LogP contribution in [-0.4, -0.2) is 32.8 Å². The van der Waals surface area contributed by atoms with Gasteiger partial charge in [-0.2, -0.15) is 0 Å². The summed E-state index contributed by atoms with van der Waals surface area (Å²) in [5.41, 5.74) is 1.27. The molecule has 0 amide bonds. The van der Waals surface area contributed by atoms with Gasteiger partial charge < -0.3 is 15.0 Å². The van der Waals surface area contributed by atoms with Crippen LogP contribution in [0.1, 0.15) is 12.8 Å². The lowest BCUT2D eigenvalue weighted by Crippen LogP contribution is -2.43. The van der Waals surface area contributed by atoms with Crippen molar-refractivity contribution in [3.8, 4) is 18.1 Å². The molecule has 0 saturated carbocycles. The summed E-state index contributed by atoms with van der Waals surface area (Å²) in [5.74, 6) is 3.54. The van der Waals surface area contributed by atoms with E-state index in [1.165, 1.54) is 5.69 Å². The van der Waals surface area contributed by atoms with E-state index in [-0.39, 0.29) is 0 Å². The van der Waals surface area contributed by atoms with E-state index in [2.05, 4.69) is 28.3 Å². The van der Waals surface area contributed by atoms with Gasteiger partial charge in [0.05, 0.1) is 6.61 Å². The van der Waals surface area contributed by atoms with Crippen molar-refractivity contribution in [2.45, 2.75) is 12.8 Å². The highest BCUT2D eigenvalue weighted by Crippen LogP contribution is 2.19. The number of benzene rings is 1. The number of piperazine rings is 1. The number of hydrogen-bond acceptors (Lipinski definition) is 3. The molecule has 0 unspecified atom stereocenters. The molecule has 18 heavy (non-hydrogen) atoms. The molecular weight excluding hydrogens is 224 g/mol. The first kappa shape index (κ1) is 12.8. The van der Waals surface area contributed by atoms with Gasteiger partial charge in [0.2, 0.25) is 0 Å². The van der Waals surface area contributed by atoms with E-state index >= 15 is 0 Å². The van der Waals surface area contributed by atoms with Gasteiger partial charge in [-0.05, 0) is 30.7 Å². The third-order valence-electron chi connectivity index (χ3n) is 3.05. The molecule has 2 rings (SSSR count). The van der Waals surface area contributed by atoms with Crippen LogP contribution in [0.5, 0.6) is 5.75 Å². The molecule has 0 spiro atoms. The fourth-order valence-corrected chi connectivity index (χ4v) is 2.04. The van der Waals surface area contributed by atoms with Crippen LogP contribution in [0.25, 0.3) is 0 Å². The fourth-order valence-electron chi connectivity index (χ4n) is 2.04. The van der Waals surface area contributed by atoms with Crippen molar-refractivity contribution in [3.05, 3.63) is 24.3 Å². The number of terminal acetylenes is 1. The summed E-state index contributed by atoms with van der Waals surface area (Å²) in [4.78, 5) is 2.39. The normalized spacial score (nSPS) is 15.2. The third-order valence-corrected chi connectivity index (χ3v) is 3.05. The van der Waals surface area contributed by atoms with Crippen LogP contribution in [-0.2, 0) is 0 Å². The Labute approximate surface area is 109 Å². The number of anilines is 1. The minimum atomic E-state index is 0.692. The van der Waals surface area contributed by atoms with Gasteiger partial charge in [0, 0.05) is 38.3 Å². The molecule has 0 radical (unpaired) electrons. The van der Waals surface area contributed by atoms with Gasteiger partial charge in [0.1, 0.15) is 5.75 Å². The topological polar surface area (TPSA) is 24.5 Å². The highest BCUT2D eigenvalue weighted by atomic mass is 16.5. The standard InChI is InChI=1S/C15H20N2O/c1-2-3-4-13-18-15-7-5-14(6-8-15)17-11-9-16-10-12-17/h1,5-8,16H,3-4,9-13H2. The van der Waals surface area contributed by atoms with Gasteiger partial charge in [-0.15, -0.1) is 12.3 Å². The van der Waals surface area contributed by atoms with E-state index in [9.17, 15) is 0 Å². The lowest BCUT2D eigenvalue weighted by molar-refractivity contribution is 0.313. The molecule has 1 aliphatic rings. The maximum absolute atomic E-state index is 5.62. The van der Waals surface area contributed by atoms with Crippen molar-refractivity contribution in [3.63, 3.8) is 0 Å². The molecule has 96 valence electrons. The maximum atomic E-state index is 5.62. The molecule has 1 saturated heterocycles. The zero-order valence-electron chi connectivity index (χ0n) is 10.7. The van der Waals surface area contributed by atoms with E-state index in [1.54, 1.807) is 0 Å². The summed E-state index contributed by atoms with van der Waals surface area (Å²) in [6.45, 7) is 4.95. The smallest absolute Gasteiger partial charge is 0.119 e. The molecule has 0 aromatic heterocycles. The Balaban J connectivity index is 1.83. The molecule has 0 bridgehead atoms. The van der Waals surface area contributed by atoms with Crippen molar-refractivity contribution in [1.82, 2.24) is 5.32 Å². The Hall–Kier alpha value is -1.66. The van der Waals surface area contributed by atoms with E-state index in [0.717, 1.165) is 44.8 Å². The SMILES string of the molecule is C#CCCCOc1ccc(N2CCNCC2)cc1. The molecule has 1 aliphatic heterocycles. The number of hydrogen-bond donors (Lipinski definition) is 1. The van der Waals surface area contributed by atoms with Crippen molar-refractivity contribution in [2.24, 2.45) is 0 Å². The van der Waals surface area contributed by atoms with Crippen LogP contribution in [0.15, 0.2) is 24.3 Å². The number of nitrogens with zero attached hydrogens (tertiary/aromatic N) is 1. The Morgan fingerprint density at radius 1 is 1.22 bits per heavy atom. The first-order valence-electron chi connectivity index (χ1n) is 6.52. The molecule has 1 aromatic rings. The van der Waals surface area contributed by atoms with Crippen LogP contribution in [0.3, 0.4) is 0 Å². The fraction of sp³-hybridized carbons (Fsp3) is 0.467. The van der Waals surface area contributed by atoms with Crippen molar-refractivity contribution >= 4 is 5.69 Å². The van der Waals surface area contributed by atoms with E-state index in [4.69, 9.17) is 11.2 Å². The molecule has 0 aliphatic carbocycles. The van der Waals surface area contributed by atoms with Crippen molar-refractivity contribution in [1.29, 1.82) is 0 Å². The monoisotopic (exact) mass is 244 g/mol. The van der Waals surface area contributed by atoms with Gasteiger partial charge in [-0.25, -0.2) is 0 Å². The summed E-state index contributed by atoms with van der Waals surface area (Å²) in [7, 11) is 0. The van der Waals surface area contributed by atoms with Crippen molar-refractivity contribution in [2.75, 3.05) is 37.7 Å². The van der Waals surface area contributed by atoms with Gasteiger partial charge >= 0.3 is 0 Å². The molecule has 3 heteroatoms. The molecule has 1 fully saturated rings. The summed E-state index contributed by atoms with van der Waals surface area (Å²) in [5, 5.41) is 3.35. The largest absolute Gasteiger partial charge is 0.494 e. The van der Waals surface area contributed by atoms with Crippen LogP contribution < -0.4 is 15.0 Å². The molecule has 0 atom stereocenters. The Morgan fingerprint density at radius 3 is 2.61 bits per heavy atom. The second-order valence-corrected chi connectivity index (χ2v) is 4.39. The maximum Gasteiger partial charge on any atom is 0.119 e. The first-order chi connectivity index (χ1) is 8.90. The number of nitrogens with one attached hydrogen (secondary N) is 1. The molecule has 3 nitrogen and oxygen atoms in total. The summed E-state index contributed by atoms with van der Waals surface area (Å²) >= 11 is 0. The van der Waals surface area contributed by atoms with Gasteiger partial charge in [0.25, 0.3) is 0 Å². The van der Waals surface area contributed by atoms with Crippen LogP contribution in [0.4, 0.5) is 5.69 Å². The predicted octanol–water partition coefficient (Wildman–Crippen LogP) is 1.89. The van der Waals surface area contributed by atoms with Crippen LogP contribution in [0.2, 0.25) is 0 Å². The Morgan fingerprint density at radius 2 is 1.94 bits per heavy atom. The average Bonchev–Trinajstić information content (AvgIpc) is 2.45. The lowest BCUT2D eigenvalue weighted by Gasteiger charge is -2.29. The zero-order valence-corrected chi connectivity index (χ0v) is 10.7. The summed E-state index contributed by atoms with van der Waals surface area (Å²) in [6.07, 6.45) is 6.88. The molecular formula is C15H20N2O. The van der Waals surface area contributed by atoms with Crippen molar-refractivity contribution < 1.29 is 4.74 Å². The second kappa shape index (κ2) is 6.93. The molecule has 1 aromatic carbocycles. The van der Waals surface area contributed by atoms with E-state index in [1.807, 2.05) is 12.1 Å². The minimum Gasteiger partial charge on any atom is -0.494 e. The lowest BCUT2D eigenvalue weighted by atomic mass is 10.2. The highest BCUT2D eigenvalue weighted by Gasteiger charge is 2.09. The van der Waals surface area contributed by atoms with Crippen LogP contribution in [0, 0.1) is 12.3 Å².